The molecule has 168 valence electrons. The lowest BCUT2D eigenvalue weighted by Gasteiger charge is -2.41. The fourth-order valence-corrected chi connectivity index (χ4v) is 4.28. The van der Waals surface area contributed by atoms with Gasteiger partial charge < -0.3 is 15.0 Å². The number of carbonyl (C=O) groups is 3. The van der Waals surface area contributed by atoms with Crippen LogP contribution in [0.4, 0.5) is 19.3 Å². The number of nitrogens with one attached hydrogen (secondary N) is 2. The smallest absolute Gasteiger partial charge is 0.408 e. The van der Waals surface area contributed by atoms with E-state index in [2.05, 4.69) is 15.5 Å². The number of nitrogens with zero attached hydrogens (tertiary/aromatic N) is 2. The van der Waals surface area contributed by atoms with E-state index < -0.39 is 35.5 Å². The highest BCUT2D eigenvalue weighted by Crippen LogP contribution is 2.33. The highest BCUT2D eigenvalue weighted by atomic mass is 19.1. The number of ether oxygens (including phenoxy) is 1. The van der Waals surface area contributed by atoms with Gasteiger partial charge in [-0.25, -0.2) is 13.6 Å². The molecule has 3 aliphatic rings. The van der Waals surface area contributed by atoms with Crippen molar-refractivity contribution in [1.29, 1.82) is 0 Å². The molecule has 0 spiro atoms. The molecule has 4 rings (SSSR count). The summed E-state index contributed by atoms with van der Waals surface area (Å²) in [6, 6.07) is 2.20. The van der Waals surface area contributed by atoms with E-state index in [-0.39, 0.29) is 31.2 Å². The molecule has 2 N–H and O–H groups in total. The molecule has 3 aliphatic heterocycles. The summed E-state index contributed by atoms with van der Waals surface area (Å²) in [5.41, 5.74) is 0.0241. The van der Waals surface area contributed by atoms with Gasteiger partial charge in [-0.15, -0.1) is 0 Å². The molecule has 3 heterocycles. The minimum Gasteiger partial charge on any atom is -0.433 e. The molecule has 1 aromatic rings. The van der Waals surface area contributed by atoms with Crippen molar-refractivity contribution in [3.8, 4) is 0 Å². The summed E-state index contributed by atoms with van der Waals surface area (Å²) in [6.45, 7) is 2.91. The molecular formula is C21H26F2N4O4. The van der Waals surface area contributed by atoms with Crippen LogP contribution in [0.15, 0.2) is 12.1 Å². The number of amides is 3. The third kappa shape index (κ3) is 4.95. The summed E-state index contributed by atoms with van der Waals surface area (Å²) >= 11 is 0. The maximum absolute atomic E-state index is 14.6. The molecule has 3 amide bonds. The SMILES string of the molecule is O=C1CCC(c2c(F)cc(N3CC(NC(=O)OCN4CCCCC4)C3)cc2F)C(=O)N1. The Balaban J connectivity index is 1.29. The Morgan fingerprint density at radius 3 is 2.45 bits per heavy atom. The van der Waals surface area contributed by atoms with Crippen LogP contribution in [0.5, 0.6) is 0 Å². The molecule has 8 nitrogen and oxygen atoms in total. The molecule has 1 aromatic carbocycles. The van der Waals surface area contributed by atoms with Gasteiger partial charge in [0.05, 0.1) is 12.0 Å². The second-order valence-corrected chi connectivity index (χ2v) is 8.31. The van der Waals surface area contributed by atoms with Crippen molar-refractivity contribution in [3.63, 3.8) is 0 Å². The van der Waals surface area contributed by atoms with Crippen LogP contribution < -0.4 is 15.5 Å². The molecule has 10 heteroatoms. The van der Waals surface area contributed by atoms with Gasteiger partial charge in [-0.1, -0.05) is 6.42 Å². The molecule has 0 aliphatic carbocycles. The Labute approximate surface area is 178 Å². The molecular weight excluding hydrogens is 410 g/mol. The Morgan fingerprint density at radius 2 is 1.81 bits per heavy atom. The minimum absolute atomic E-state index is 0.0460. The molecule has 1 unspecified atom stereocenters. The van der Waals surface area contributed by atoms with Crippen LogP contribution in [-0.2, 0) is 14.3 Å². The zero-order valence-electron chi connectivity index (χ0n) is 17.2. The standard InChI is InChI=1S/C21H26F2N4O4/c22-16-8-14(9-17(23)19(16)15-4-5-18(28)25-20(15)29)27-10-13(11-27)24-21(30)31-12-26-6-2-1-3-7-26/h8-9,13,15H,1-7,10-12H2,(H,24,30)(H,25,28,29). The lowest BCUT2D eigenvalue weighted by Crippen LogP contribution is -2.59. The second kappa shape index (κ2) is 9.17. The molecule has 3 fully saturated rings. The molecule has 0 radical (unpaired) electrons. The van der Waals surface area contributed by atoms with Crippen LogP contribution in [0.25, 0.3) is 0 Å². The minimum atomic E-state index is -1.02. The van der Waals surface area contributed by atoms with E-state index in [0.717, 1.165) is 25.9 Å². The Hall–Kier alpha value is -2.75. The van der Waals surface area contributed by atoms with E-state index in [9.17, 15) is 23.2 Å². The molecule has 0 aromatic heterocycles. The molecule has 0 bridgehead atoms. The molecule has 1 atom stereocenters. The second-order valence-electron chi connectivity index (χ2n) is 8.31. The predicted molar refractivity (Wildman–Crippen MR) is 107 cm³/mol. The monoisotopic (exact) mass is 436 g/mol. The van der Waals surface area contributed by atoms with E-state index >= 15 is 0 Å². The number of anilines is 1. The van der Waals surface area contributed by atoms with Gasteiger partial charge in [0.1, 0.15) is 18.4 Å². The van der Waals surface area contributed by atoms with Crippen molar-refractivity contribution in [3.05, 3.63) is 29.3 Å². The number of hydrogen-bond donors (Lipinski definition) is 2. The highest BCUT2D eigenvalue weighted by molar-refractivity contribution is 6.01. The van der Waals surface area contributed by atoms with Crippen LogP contribution in [-0.4, -0.2) is 61.8 Å². The number of likely N-dealkylation sites (tertiary alicyclic amines) is 1. The maximum Gasteiger partial charge on any atom is 0.408 e. The Morgan fingerprint density at radius 1 is 1.13 bits per heavy atom. The van der Waals surface area contributed by atoms with Crippen molar-refractivity contribution in [2.45, 2.75) is 44.1 Å². The molecule has 0 saturated carbocycles. The van der Waals surface area contributed by atoms with Crippen LogP contribution >= 0.6 is 0 Å². The van der Waals surface area contributed by atoms with Gasteiger partial charge in [-0.05, 0) is 31.4 Å². The van der Waals surface area contributed by atoms with Crippen molar-refractivity contribution in [2.75, 3.05) is 37.8 Å². The normalized spacial score (nSPS) is 22.6. The van der Waals surface area contributed by atoms with Gasteiger partial charge in [0, 0.05) is 43.9 Å². The molecule has 31 heavy (non-hydrogen) atoms. The molecule has 3 saturated heterocycles. The fraction of sp³-hybridized carbons (Fsp3) is 0.571. The maximum atomic E-state index is 14.6. The van der Waals surface area contributed by atoms with Crippen LogP contribution in [0, 0.1) is 11.6 Å². The van der Waals surface area contributed by atoms with E-state index in [1.807, 2.05) is 0 Å². The lowest BCUT2D eigenvalue weighted by molar-refractivity contribution is -0.134. The van der Waals surface area contributed by atoms with E-state index in [1.54, 1.807) is 4.90 Å². The first kappa shape index (κ1) is 21.5. The first-order valence-corrected chi connectivity index (χ1v) is 10.6. The number of hydrogen-bond acceptors (Lipinski definition) is 6. The van der Waals surface area contributed by atoms with Gasteiger partial charge in [0.2, 0.25) is 11.8 Å². The number of piperidine rings is 2. The predicted octanol–water partition coefficient (Wildman–Crippen LogP) is 1.84. The van der Waals surface area contributed by atoms with Gasteiger partial charge in [0.15, 0.2) is 0 Å². The highest BCUT2D eigenvalue weighted by Gasteiger charge is 2.34. The number of halogens is 2. The van der Waals surface area contributed by atoms with Crippen molar-refractivity contribution >= 4 is 23.6 Å². The van der Waals surface area contributed by atoms with E-state index in [0.29, 0.717) is 18.8 Å². The number of benzene rings is 1. The van der Waals surface area contributed by atoms with Gasteiger partial charge in [-0.3, -0.25) is 19.8 Å². The number of alkyl carbamates (subject to hydrolysis) is 1. The average Bonchev–Trinajstić information content (AvgIpc) is 2.70. The summed E-state index contributed by atoms with van der Waals surface area (Å²) in [6.07, 6.45) is 3.05. The van der Waals surface area contributed by atoms with Gasteiger partial charge >= 0.3 is 6.09 Å². The zero-order valence-corrected chi connectivity index (χ0v) is 17.2. The summed E-state index contributed by atoms with van der Waals surface area (Å²) in [5, 5.41) is 4.88. The summed E-state index contributed by atoms with van der Waals surface area (Å²) in [7, 11) is 0. The van der Waals surface area contributed by atoms with E-state index in [1.165, 1.54) is 18.6 Å². The van der Waals surface area contributed by atoms with Crippen molar-refractivity contribution < 1.29 is 27.9 Å². The topological polar surface area (TPSA) is 91.0 Å². The quantitative estimate of drug-likeness (QED) is 0.685. The number of carbonyl (C=O) groups excluding carboxylic acids is 3. The van der Waals surface area contributed by atoms with Crippen LogP contribution in [0.1, 0.15) is 43.6 Å². The third-order valence-electron chi connectivity index (χ3n) is 6.05. The van der Waals surface area contributed by atoms with Crippen LogP contribution in [0.3, 0.4) is 0 Å². The van der Waals surface area contributed by atoms with Crippen molar-refractivity contribution in [2.24, 2.45) is 0 Å². The lowest BCUT2D eigenvalue weighted by atomic mass is 9.89. The first-order valence-electron chi connectivity index (χ1n) is 10.6. The number of imide groups is 1. The zero-order chi connectivity index (χ0) is 22.0. The summed E-state index contributed by atoms with van der Waals surface area (Å²) < 4.78 is 34.5. The summed E-state index contributed by atoms with van der Waals surface area (Å²) in [5.74, 6) is -3.78. The average molecular weight is 436 g/mol. The van der Waals surface area contributed by atoms with E-state index in [4.69, 9.17) is 4.74 Å². The van der Waals surface area contributed by atoms with Gasteiger partial charge in [0.25, 0.3) is 0 Å². The first-order chi connectivity index (χ1) is 14.9. The van der Waals surface area contributed by atoms with Crippen molar-refractivity contribution in [1.82, 2.24) is 15.5 Å². The van der Waals surface area contributed by atoms with Crippen LogP contribution in [0.2, 0.25) is 0 Å². The summed E-state index contributed by atoms with van der Waals surface area (Å²) in [4.78, 5) is 39.0. The third-order valence-corrected chi connectivity index (χ3v) is 6.05. The van der Waals surface area contributed by atoms with Gasteiger partial charge in [-0.2, -0.15) is 0 Å². The largest absolute Gasteiger partial charge is 0.433 e. The fourth-order valence-electron chi connectivity index (χ4n) is 4.28. The number of rotatable bonds is 5. The Kier molecular flexibility index (Phi) is 6.35. The Bertz CT molecular complexity index is 846.